The number of hydrogen-bond donors (Lipinski definition) is 1. The van der Waals surface area contributed by atoms with Crippen LogP contribution >= 0.6 is 11.3 Å². The number of aryl methyl sites for hydroxylation is 1. The molecule has 5 rings (SSSR count). The van der Waals surface area contributed by atoms with Crippen molar-refractivity contribution in [3.05, 3.63) is 105 Å². The molecule has 0 aliphatic heterocycles. The van der Waals surface area contributed by atoms with Crippen LogP contribution in [0.4, 0.5) is 5.69 Å². The van der Waals surface area contributed by atoms with Gasteiger partial charge in [0.1, 0.15) is 5.65 Å². The summed E-state index contributed by atoms with van der Waals surface area (Å²) < 4.78 is 2.80. The third kappa shape index (κ3) is 3.82. The molecular formula is C24H20N4OS. The number of anilines is 1. The van der Waals surface area contributed by atoms with E-state index in [1.165, 1.54) is 10.3 Å². The molecule has 5 nitrogen and oxygen atoms in total. The van der Waals surface area contributed by atoms with Gasteiger partial charge in [0, 0.05) is 24.4 Å². The van der Waals surface area contributed by atoms with Crippen molar-refractivity contribution in [2.75, 3.05) is 5.32 Å². The zero-order valence-corrected chi connectivity index (χ0v) is 17.3. The van der Waals surface area contributed by atoms with Crippen LogP contribution in [-0.2, 0) is 13.0 Å². The highest BCUT2D eigenvalue weighted by atomic mass is 32.1. The van der Waals surface area contributed by atoms with Crippen LogP contribution in [0.15, 0.2) is 77.7 Å². The van der Waals surface area contributed by atoms with Crippen LogP contribution in [0.5, 0.6) is 0 Å². The van der Waals surface area contributed by atoms with E-state index in [0.29, 0.717) is 12.2 Å². The van der Waals surface area contributed by atoms with E-state index in [-0.39, 0.29) is 5.56 Å². The maximum Gasteiger partial charge on any atom is 0.258 e. The second kappa shape index (κ2) is 7.72. The first-order chi connectivity index (χ1) is 14.6. The molecule has 0 saturated heterocycles. The summed E-state index contributed by atoms with van der Waals surface area (Å²) in [5.41, 5.74) is 5.63. The minimum Gasteiger partial charge on any atom is -0.379 e. The molecule has 0 unspecified atom stereocenters. The molecule has 2 aromatic carbocycles. The fourth-order valence-corrected chi connectivity index (χ4v) is 4.45. The summed E-state index contributed by atoms with van der Waals surface area (Å²) in [5, 5.41) is 4.47. The zero-order chi connectivity index (χ0) is 20.5. The normalized spacial score (nSPS) is 11.2. The Balaban J connectivity index is 1.27. The van der Waals surface area contributed by atoms with Crippen LogP contribution in [0.25, 0.3) is 15.9 Å². The molecule has 0 aliphatic carbocycles. The summed E-state index contributed by atoms with van der Waals surface area (Å²) in [7, 11) is 0. The van der Waals surface area contributed by atoms with Crippen LogP contribution < -0.4 is 10.9 Å². The van der Waals surface area contributed by atoms with Gasteiger partial charge in [-0.25, -0.2) is 9.97 Å². The molecule has 148 valence electrons. The molecule has 3 heterocycles. The molecule has 0 saturated carbocycles. The Labute approximate surface area is 177 Å². The third-order valence-electron chi connectivity index (χ3n) is 4.98. The average Bonchev–Trinajstić information content (AvgIpc) is 3.16. The van der Waals surface area contributed by atoms with Gasteiger partial charge in [-0.2, -0.15) is 0 Å². The second-order valence-electron chi connectivity index (χ2n) is 7.32. The van der Waals surface area contributed by atoms with Crippen LogP contribution in [0.2, 0.25) is 0 Å². The number of fused-ring (bicyclic) bond motifs is 2. The summed E-state index contributed by atoms with van der Waals surface area (Å²) in [5.74, 6) is 0. The molecule has 5 aromatic rings. The summed E-state index contributed by atoms with van der Waals surface area (Å²) in [6.45, 7) is 2.46. The number of rotatable bonds is 5. The highest BCUT2D eigenvalue weighted by Crippen LogP contribution is 2.24. The lowest BCUT2D eigenvalue weighted by Crippen LogP contribution is -2.17. The fraction of sp³-hybridized carbons (Fsp3) is 0.125. The number of nitrogens with zero attached hydrogens (tertiary/aromatic N) is 3. The summed E-state index contributed by atoms with van der Waals surface area (Å²) in [4.78, 5) is 21.6. The second-order valence-corrected chi connectivity index (χ2v) is 8.44. The van der Waals surface area contributed by atoms with Gasteiger partial charge in [0.15, 0.2) is 0 Å². The van der Waals surface area contributed by atoms with Crippen molar-refractivity contribution in [3.63, 3.8) is 0 Å². The van der Waals surface area contributed by atoms with E-state index in [2.05, 4.69) is 46.7 Å². The molecule has 0 atom stereocenters. The maximum absolute atomic E-state index is 12.3. The predicted molar refractivity (Wildman–Crippen MR) is 122 cm³/mol. The smallest absolute Gasteiger partial charge is 0.258 e. The standard InChI is InChI=1S/C24H20N4OS/c1-16-6-11-22-26-19(13-24(29)28(22)15-16)14-25-18-9-7-17(8-10-18)12-23-27-20-4-2-3-5-21(20)30-23/h2-11,13,15,25H,12,14H2,1H3. The largest absolute Gasteiger partial charge is 0.379 e. The topological polar surface area (TPSA) is 59.3 Å². The van der Waals surface area contributed by atoms with E-state index in [1.807, 2.05) is 37.4 Å². The van der Waals surface area contributed by atoms with Gasteiger partial charge in [0.2, 0.25) is 0 Å². The Morgan fingerprint density at radius 3 is 2.67 bits per heavy atom. The Bertz CT molecular complexity index is 1370. The fourth-order valence-electron chi connectivity index (χ4n) is 3.45. The molecule has 0 radical (unpaired) electrons. The lowest BCUT2D eigenvalue weighted by molar-refractivity contribution is 0.965. The predicted octanol–water partition coefficient (Wildman–Crippen LogP) is 4.82. The Kier molecular flexibility index (Phi) is 4.77. The number of aromatic nitrogens is 3. The molecule has 0 aliphatic rings. The van der Waals surface area contributed by atoms with E-state index < -0.39 is 0 Å². The van der Waals surface area contributed by atoms with Crippen molar-refractivity contribution >= 4 is 32.9 Å². The van der Waals surface area contributed by atoms with Crippen molar-refractivity contribution in [2.45, 2.75) is 19.9 Å². The van der Waals surface area contributed by atoms with E-state index >= 15 is 0 Å². The minimum absolute atomic E-state index is 0.0633. The molecular weight excluding hydrogens is 392 g/mol. The number of thiazole rings is 1. The van der Waals surface area contributed by atoms with Gasteiger partial charge in [-0.15, -0.1) is 11.3 Å². The molecule has 3 aromatic heterocycles. The van der Waals surface area contributed by atoms with Gasteiger partial charge in [0.05, 0.1) is 27.5 Å². The molecule has 1 N–H and O–H groups in total. The number of nitrogens with one attached hydrogen (secondary N) is 1. The van der Waals surface area contributed by atoms with Crippen LogP contribution in [0.3, 0.4) is 0 Å². The van der Waals surface area contributed by atoms with Crippen LogP contribution in [-0.4, -0.2) is 14.4 Å². The van der Waals surface area contributed by atoms with Crippen molar-refractivity contribution in [1.82, 2.24) is 14.4 Å². The highest BCUT2D eigenvalue weighted by Gasteiger charge is 2.06. The lowest BCUT2D eigenvalue weighted by atomic mass is 10.1. The quantitative estimate of drug-likeness (QED) is 0.450. The molecule has 0 fully saturated rings. The van der Waals surface area contributed by atoms with Gasteiger partial charge in [0.25, 0.3) is 5.56 Å². The van der Waals surface area contributed by atoms with Gasteiger partial charge in [-0.3, -0.25) is 9.20 Å². The zero-order valence-electron chi connectivity index (χ0n) is 16.5. The maximum atomic E-state index is 12.3. The number of hydrogen-bond acceptors (Lipinski definition) is 5. The van der Waals surface area contributed by atoms with Crippen molar-refractivity contribution in [2.24, 2.45) is 0 Å². The highest BCUT2D eigenvalue weighted by molar-refractivity contribution is 7.18. The van der Waals surface area contributed by atoms with Crippen LogP contribution in [0, 0.1) is 6.92 Å². The lowest BCUT2D eigenvalue weighted by Gasteiger charge is -2.08. The molecule has 0 amide bonds. The SMILES string of the molecule is Cc1ccc2nc(CNc3ccc(Cc4nc5ccccc5s4)cc3)cc(=O)n2c1. The number of pyridine rings is 1. The Hall–Kier alpha value is -3.51. The average molecular weight is 413 g/mol. The summed E-state index contributed by atoms with van der Waals surface area (Å²) >= 11 is 1.74. The summed E-state index contributed by atoms with van der Waals surface area (Å²) in [6, 6.07) is 22.0. The van der Waals surface area contributed by atoms with E-state index in [0.717, 1.165) is 33.9 Å². The first-order valence-electron chi connectivity index (χ1n) is 9.80. The molecule has 0 bridgehead atoms. The van der Waals surface area contributed by atoms with Crippen molar-refractivity contribution in [3.8, 4) is 0 Å². The third-order valence-corrected chi connectivity index (χ3v) is 6.02. The number of benzene rings is 2. The van der Waals surface area contributed by atoms with Gasteiger partial charge in [-0.05, 0) is 48.4 Å². The monoisotopic (exact) mass is 412 g/mol. The van der Waals surface area contributed by atoms with Crippen LogP contribution in [0.1, 0.15) is 21.8 Å². The Morgan fingerprint density at radius 2 is 1.83 bits per heavy atom. The van der Waals surface area contributed by atoms with Crippen molar-refractivity contribution < 1.29 is 0 Å². The Morgan fingerprint density at radius 1 is 1.00 bits per heavy atom. The minimum atomic E-state index is -0.0633. The number of para-hydroxylation sites is 1. The first kappa shape index (κ1) is 18.5. The van der Waals surface area contributed by atoms with E-state index in [4.69, 9.17) is 4.98 Å². The first-order valence-corrected chi connectivity index (χ1v) is 10.6. The van der Waals surface area contributed by atoms with Crippen molar-refractivity contribution in [1.29, 1.82) is 0 Å². The molecule has 0 spiro atoms. The van der Waals surface area contributed by atoms with E-state index in [9.17, 15) is 4.79 Å². The molecule has 30 heavy (non-hydrogen) atoms. The van der Waals surface area contributed by atoms with Gasteiger partial charge >= 0.3 is 0 Å². The summed E-state index contributed by atoms with van der Waals surface area (Å²) in [6.07, 6.45) is 2.63. The molecule has 6 heteroatoms. The van der Waals surface area contributed by atoms with Gasteiger partial charge < -0.3 is 5.32 Å². The van der Waals surface area contributed by atoms with Gasteiger partial charge in [-0.1, -0.05) is 30.3 Å². The van der Waals surface area contributed by atoms with E-state index in [1.54, 1.807) is 21.8 Å².